The summed E-state index contributed by atoms with van der Waals surface area (Å²) in [5.41, 5.74) is 1.86. The number of carbonyl (C=O) groups is 2. The van der Waals surface area contributed by atoms with Crippen molar-refractivity contribution < 1.29 is 9.59 Å². The number of likely N-dealkylation sites (N-methyl/N-ethyl adjacent to an activating group) is 1. The summed E-state index contributed by atoms with van der Waals surface area (Å²) < 4.78 is 2.03. The Hall–Kier alpha value is -2.37. The third kappa shape index (κ3) is 4.37. The monoisotopic (exact) mass is 384 g/mol. The normalized spacial score (nSPS) is 16.9. The lowest BCUT2D eigenvalue weighted by Gasteiger charge is -2.20. The standard InChI is InChI=1S/C22H32N4O2/c1-4-6-12-24(3)21(28)16-26-19-11-9-8-10-18(19)23-22(26)17-14-20(27)25(15-17)13-7-5-2/h8-11,17H,4-7,12-16H2,1-3H3. The zero-order valence-electron chi connectivity index (χ0n) is 17.4. The summed E-state index contributed by atoms with van der Waals surface area (Å²) in [6.07, 6.45) is 4.64. The number of aromatic nitrogens is 2. The molecule has 2 aromatic rings. The van der Waals surface area contributed by atoms with E-state index < -0.39 is 0 Å². The fraction of sp³-hybridized carbons (Fsp3) is 0.591. The van der Waals surface area contributed by atoms with Gasteiger partial charge in [0.1, 0.15) is 12.4 Å². The van der Waals surface area contributed by atoms with Crippen molar-refractivity contribution in [2.45, 2.75) is 58.4 Å². The molecular weight excluding hydrogens is 352 g/mol. The molecule has 1 aromatic carbocycles. The van der Waals surface area contributed by atoms with Crippen molar-refractivity contribution in [1.29, 1.82) is 0 Å². The van der Waals surface area contributed by atoms with Crippen LogP contribution in [0.25, 0.3) is 11.0 Å². The Morgan fingerprint density at radius 2 is 1.96 bits per heavy atom. The van der Waals surface area contributed by atoms with Gasteiger partial charge in [-0.25, -0.2) is 4.98 Å². The van der Waals surface area contributed by atoms with Gasteiger partial charge in [0.05, 0.1) is 11.0 Å². The third-order valence-electron chi connectivity index (χ3n) is 5.61. The van der Waals surface area contributed by atoms with Crippen LogP contribution >= 0.6 is 0 Å². The van der Waals surface area contributed by atoms with E-state index in [-0.39, 0.29) is 24.3 Å². The molecule has 1 saturated heterocycles. The molecule has 2 amide bonds. The second-order valence-corrected chi connectivity index (χ2v) is 7.81. The minimum Gasteiger partial charge on any atom is -0.344 e. The average molecular weight is 385 g/mol. The highest BCUT2D eigenvalue weighted by Gasteiger charge is 2.34. The SMILES string of the molecule is CCCCN(C)C(=O)Cn1c(C2CC(=O)N(CCCC)C2)nc2ccccc21. The molecule has 0 spiro atoms. The van der Waals surface area contributed by atoms with Crippen LogP contribution in [0.1, 0.15) is 57.7 Å². The first-order valence-corrected chi connectivity index (χ1v) is 10.5. The van der Waals surface area contributed by atoms with Crippen LogP contribution in [0.3, 0.4) is 0 Å². The number of hydrogen-bond donors (Lipinski definition) is 0. The number of imidazole rings is 1. The van der Waals surface area contributed by atoms with Gasteiger partial charge in [-0.05, 0) is 25.0 Å². The van der Waals surface area contributed by atoms with Gasteiger partial charge < -0.3 is 14.4 Å². The van der Waals surface area contributed by atoms with Gasteiger partial charge in [0, 0.05) is 39.0 Å². The van der Waals surface area contributed by atoms with E-state index in [1.165, 1.54) is 0 Å². The molecule has 6 nitrogen and oxygen atoms in total. The van der Waals surface area contributed by atoms with Gasteiger partial charge in [-0.3, -0.25) is 9.59 Å². The highest BCUT2D eigenvalue weighted by molar-refractivity contribution is 5.83. The van der Waals surface area contributed by atoms with E-state index in [0.717, 1.165) is 55.6 Å². The molecule has 1 unspecified atom stereocenters. The van der Waals surface area contributed by atoms with Crippen LogP contribution < -0.4 is 0 Å². The van der Waals surface area contributed by atoms with Crippen molar-refractivity contribution in [3.8, 4) is 0 Å². The van der Waals surface area contributed by atoms with Crippen LogP contribution in [-0.2, 0) is 16.1 Å². The molecule has 0 bridgehead atoms. The maximum absolute atomic E-state index is 12.8. The molecule has 0 aliphatic carbocycles. The average Bonchev–Trinajstić information content (AvgIpc) is 3.25. The highest BCUT2D eigenvalue weighted by Crippen LogP contribution is 2.30. The Labute approximate surface area is 167 Å². The lowest BCUT2D eigenvalue weighted by Crippen LogP contribution is -2.32. The number of likely N-dealkylation sites (tertiary alicyclic amines) is 1. The largest absolute Gasteiger partial charge is 0.344 e. The van der Waals surface area contributed by atoms with E-state index in [9.17, 15) is 9.59 Å². The molecule has 1 aliphatic rings. The highest BCUT2D eigenvalue weighted by atomic mass is 16.2. The van der Waals surface area contributed by atoms with Gasteiger partial charge in [0.25, 0.3) is 0 Å². The van der Waals surface area contributed by atoms with Crippen molar-refractivity contribution >= 4 is 22.8 Å². The maximum atomic E-state index is 12.8. The summed E-state index contributed by atoms with van der Waals surface area (Å²) in [6.45, 7) is 6.81. The quantitative estimate of drug-likeness (QED) is 0.666. The van der Waals surface area contributed by atoms with Crippen LogP contribution in [0, 0.1) is 0 Å². The van der Waals surface area contributed by atoms with Gasteiger partial charge in [0.15, 0.2) is 0 Å². The first kappa shape index (κ1) is 20.4. The maximum Gasteiger partial charge on any atom is 0.242 e. The Morgan fingerprint density at radius 3 is 2.71 bits per heavy atom. The number of unbranched alkanes of at least 4 members (excludes halogenated alkanes) is 2. The molecule has 0 saturated carbocycles. The molecule has 152 valence electrons. The first-order valence-electron chi connectivity index (χ1n) is 10.5. The first-order chi connectivity index (χ1) is 13.5. The van der Waals surface area contributed by atoms with E-state index in [4.69, 9.17) is 4.98 Å². The number of hydrogen-bond acceptors (Lipinski definition) is 3. The lowest BCUT2D eigenvalue weighted by atomic mass is 10.1. The molecule has 1 aromatic heterocycles. The summed E-state index contributed by atoms with van der Waals surface area (Å²) >= 11 is 0. The van der Waals surface area contributed by atoms with Crippen LogP contribution in [0.5, 0.6) is 0 Å². The molecule has 0 radical (unpaired) electrons. The Bertz CT molecular complexity index is 829. The number of carbonyl (C=O) groups excluding carboxylic acids is 2. The molecule has 2 heterocycles. The van der Waals surface area contributed by atoms with E-state index in [2.05, 4.69) is 13.8 Å². The summed E-state index contributed by atoms with van der Waals surface area (Å²) in [6, 6.07) is 7.93. The van der Waals surface area contributed by atoms with E-state index in [1.807, 2.05) is 40.8 Å². The number of rotatable bonds is 9. The van der Waals surface area contributed by atoms with Gasteiger partial charge in [0.2, 0.25) is 11.8 Å². The Morgan fingerprint density at radius 1 is 1.21 bits per heavy atom. The lowest BCUT2D eigenvalue weighted by molar-refractivity contribution is -0.130. The molecule has 1 fully saturated rings. The number of benzene rings is 1. The molecule has 6 heteroatoms. The van der Waals surface area contributed by atoms with E-state index >= 15 is 0 Å². The van der Waals surface area contributed by atoms with Gasteiger partial charge in [-0.15, -0.1) is 0 Å². The fourth-order valence-corrected chi connectivity index (χ4v) is 3.86. The molecule has 3 rings (SSSR count). The molecule has 0 N–H and O–H groups in total. The summed E-state index contributed by atoms with van der Waals surface area (Å²) in [7, 11) is 1.86. The number of para-hydroxylation sites is 2. The van der Waals surface area contributed by atoms with Crippen molar-refractivity contribution in [3.63, 3.8) is 0 Å². The molecule has 1 atom stereocenters. The summed E-state index contributed by atoms with van der Waals surface area (Å²) in [5.74, 6) is 1.20. The van der Waals surface area contributed by atoms with Gasteiger partial charge in [-0.1, -0.05) is 38.8 Å². The number of nitrogens with zero attached hydrogens (tertiary/aromatic N) is 4. The second kappa shape index (κ2) is 9.22. The predicted molar refractivity (Wildman–Crippen MR) is 111 cm³/mol. The van der Waals surface area contributed by atoms with Crippen molar-refractivity contribution in [1.82, 2.24) is 19.4 Å². The van der Waals surface area contributed by atoms with E-state index in [0.29, 0.717) is 13.0 Å². The van der Waals surface area contributed by atoms with Gasteiger partial charge in [-0.2, -0.15) is 0 Å². The Balaban J connectivity index is 1.85. The van der Waals surface area contributed by atoms with Crippen LogP contribution in [-0.4, -0.2) is 57.8 Å². The van der Waals surface area contributed by atoms with Crippen LogP contribution in [0.2, 0.25) is 0 Å². The topological polar surface area (TPSA) is 58.4 Å². The van der Waals surface area contributed by atoms with Crippen LogP contribution in [0.4, 0.5) is 0 Å². The molecule has 1 aliphatic heterocycles. The van der Waals surface area contributed by atoms with Crippen LogP contribution in [0.15, 0.2) is 24.3 Å². The third-order valence-corrected chi connectivity index (χ3v) is 5.61. The predicted octanol–water partition coefficient (Wildman–Crippen LogP) is 3.41. The smallest absolute Gasteiger partial charge is 0.242 e. The Kier molecular flexibility index (Phi) is 6.70. The summed E-state index contributed by atoms with van der Waals surface area (Å²) in [4.78, 5) is 33.8. The zero-order chi connectivity index (χ0) is 20.1. The van der Waals surface area contributed by atoms with Crippen molar-refractivity contribution in [2.75, 3.05) is 26.7 Å². The minimum atomic E-state index is 0.0468. The molecule has 28 heavy (non-hydrogen) atoms. The second-order valence-electron chi connectivity index (χ2n) is 7.81. The number of amides is 2. The van der Waals surface area contributed by atoms with E-state index in [1.54, 1.807) is 4.90 Å². The number of fused-ring (bicyclic) bond motifs is 1. The van der Waals surface area contributed by atoms with Crippen molar-refractivity contribution in [3.05, 3.63) is 30.1 Å². The van der Waals surface area contributed by atoms with Crippen molar-refractivity contribution in [2.24, 2.45) is 0 Å². The zero-order valence-corrected chi connectivity index (χ0v) is 17.4. The minimum absolute atomic E-state index is 0.0468. The van der Waals surface area contributed by atoms with Gasteiger partial charge >= 0.3 is 0 Å². The summed E-state index contributed by atoms with van der Waals surface area (Å²) in [5, 5.41) is 0. The molecular formula is C22H32N4O2. The fourth-order valence-electron chi connectivity index (χ4n) is 3.86.